The predicted octanol–water partition coefficient (Wildman–Crippen LogP) is 3.22. The molecular formula is C19H24ClN3O2S2. The number of rotatable bonds is 10. The van der Waals surface area contributed by atoms with E-state index in [1.54, 1.807) is 27.8 Å². The average molecular weight is 426 g/mol. The monoisotopic (exact) mass is 425 g/mol. The molecule has 0 bridgehead atoms. The van der Waals surface area contributed by atoms with E-state index in [1.165, 1.54) is 10.6 Å². The van der Waals surface area contributed by atoms with E-state index in [0.29, 0.717) is 18.1 Å². The number of carbonyl (C=O) groups is 1. The maximum atomic E-state index is 12.6. The molecule has 0 unspecified atom stereocenters. The van der Waals surface area contributed by atoms with Gasteiger partial charge < -0.3 is 14.8 Å². The third-order valence-corrected chi connectivity index (χ3v) is 6.26. The van der Waals surface area contributed by atoms with Gasteiger partial charge in [0.2, 0.25) is 0 Å². The van der Waals surface area contributed by atoms with Crippen LogP contribution in [0.5, 0.6) is 0 Å². The van der Waals surface area contributed by atoms with Crippen molar-refractivity contribution in [3.05, 3.63) is 69.1 Å². The van der Waals surface area contributed by atoms with Gasteiger partial charge in [0, 0.05) is 30.8 Å². The number of nitrogens with one attached hydrogen (secondary N) is 1. The second-order valence-corrected chi connectivity index (χ2v) is 9.33. The zero-order valence-electron chi connectivity index (χ0n) is 15.5. The lowest BCUT2D eigenvalue weighted by atomic mass is 10.2. The Morgan fingerprint density at radius 1 is 1.19 bits per heavy atom. The molecule has 1 amide bonds. The van der Waals surface area contributed by atoms with E-state index in [2.05, 4.69) is 10.2 Å². The number of pyridine rings is 1. The number of nitrogens with zero attached hydrogens (tertiary/aromatic N) is 2. The first-order valence-electron chi connectivity index (χ1n) is 8.58. The summed E-state index contributed by atoms with van der Waals surface area (Å²) in [5.41, 5.74) is 0.705. The third-order valence-electron chi connectivity index (χ3n) is 3.67. The highest BCUT2D eigenvalue weighted by Gasteiger charge is 2.14. The van der Waals surface area contributed by atoms with Gasteiger partial charge in [-0.05, 0) is 25.7 Å². The van der Waals surface area contributed by atoms with Gasteiger partial charge in [-0.25, -0.2) is 0 Å². The number of halogens is 1. The standard InChI is InChI=1S/C19H24ClN3O2S2/c1-22(2)9-11-27-26-10-8-21-18(24)17-12-16(20)14-23(19(17)25)13-15-6-4-3-5-7-15/h3-7,12,14H,8-11,13H2,1-2H3,(H,21,24). The van der Waals surface area contributed by atoms with Crippen LogP contribution in [0.4, 0.5) is 0 Å². The highest BCUT2D eigenvalue weighted by molar-refractivity contribution is 8.76. The van der Waals surface area contributed by atoms with Gasteiger partial charge in [-0.3, -0.25) is 9.59 Å². The molecule has 5 nitrogen and oxygen atoms in total. The van der Waals surface area contributed by atoms with Crippen LogP contribution in [0.1, 0.15) is 15.9 Å². The summed E-state index contributed by atoms with van der Waals surface area (Å²) < 4.78 is 1.47. The van der Waals surface area contributed by atoms with Gasteiger partial charge in [0.05, 0.1) is 11.6 Å². The van der Waals surface area contributed by atoms with E-state index in [1.807, 2.05) is 44.4 Å². The number of aromatic nitrogens is 1. The molecule has 0 aliphatic carbocycles. The number of benzene rings is 1. The molecule has 1 N–H and O–H groups in total. The first-order chi connectivity index (χ1) is 13.0. The summed E-state index contributed by atoms with van der Waals surface area (Å²) >= 11 is 6.13. The number of hydrogen-bond acceptors (Lipinski definition) is 5. The quantitative estimate of drug-likeness (QED) is 0.468. The van der Waals surface area contributed by atoms with Crippen LogP contribution in [-0.2, 0) is 6.54 Å². The van der Waals surface area contributed by atoms with E-state index in [-0.39, 0.29) is 17.0 Å². The summed E-state index contributed by atoms with van der Waals surface area (Å²) in [6, 6.07) is 11.0. The van der Waals surface area contributed by atoms with Gasteiger partial charge in [-0.2, -0.15) is 0 Å². The predicted molar refractivity (Wildman–Crippen MR) is 117 cm³/mol. The second-order valence-electron chi connectivity index (χ2n) is 6.19. The molecular weight excluding hydrogens is 402 g/mol. The van der Waals surface area contributed by atoms with Crippen LogP contribution in [0, 0.1) is 0 Å². The Bertz CT molecular complexity index is 797. The van der Waals surface area contributed by atoms with Gasteiger partial charge in [-0.15, -0.1) is 0 Å². The maximum absolute atomic E-state index is 12.6. The topological polar surface area (TPSA) is 54.3 Å². The molecule has 0 radical (unpaired) electrons. The Labute approximate surface area is 172 Å². The van der Waals surface area contributed by atoms with Crippen molar-refractivity contribution in [2.24, 2.45) is 0 Å². The Morgan fingerprint density at radius 3 is 2.59 bits per heavy atom. The summed E-state index contributed by atoms with van der Waals surface area (Å²) in [5, 5.41) is 3.17. The van der Waals surface area contributed by atoms with Crippen molar-refractivity contribution in [2.75, 3.05) is 38.7 Å². The summed E-state index contributed by atoms with van der Waals surface area (Å²) in [4.78, 5) is 27.2. The lowest BCUT2D eigenvalue weighted by Crippen LogP contribution is -2.34. The molecule has 2 aromatic rings. The van der Waals surface area contributed by atoms with E-state index in [9.17, 15) is 9.59 Å². The molecule has 1 heterocycles. The van der Waals surface area contributed by atoms with Crippen LogP contribution in [0.3, 0.4) is 0 Å². The van der Waals surface area contributed by atoms with E-state index in [4.69, 9.17) is 11.6 Å². The largest absolute Gasteiger partial charge is 0.351 e. The van der Waals surface area contributed by atoms with Gasteiger partial charge in [0.1, 0.15) is 5.56 Å². The van der Waals surface area contributed by atoms with Crippen molar-refractivity contribution in [3.8, 4) is 0 Å². The van der Waals surface area contributed by atoms with Crippen LogP contribution >= 0.6 is 33.2 Å². The fraction of sp³-hybridized carbons (Fsp3) is 0.368. The molecule has 0 atom stereocenters. The zero-order chi connectivity index (χ0) is 19.6. The van der Waals surface area contributed by atoms with E-state index in [0.717, 1.165) is 23.6 Å². The highest BCUT2D eigenvalue weighted by Crippen LogP contribution is 2.19. The smallest absolute Gasteiger partial charge is 0.263 e. The lowest BCUT2D eigenvalue weighted by Gasteiger charge is -2.10. The van der Waals surface area contributed by atoms with Crippen molar-refractivity contribution in [3.63, 3.8) is 0 Å². The van der Waals surface area contributed by atoms with Gasteiger partial charge in [0.15, 0.2) is 0 Å². The molecule has 0 aliphatic heterocycles. The fourth-order valence-corrected chi connectivity index (χ4v) is 4.57. The molecule has 8 heteroatoms. The molecule has 0 fully saturated rings. The van der Waals surface area contributed by atoms with Crippen molar-refractivity contribution in [1.82, 2.24) is 14.8 Å². The Morgan fingerprint density at radius 2 is 1.89 bits per heavy atom. The van der Waals surface area contributed by atoms with Gasteiger partial charge >= 0.3 is 0 Å². The molecule has 0 aliphatic rings. The summed E-state index contributed by atoms with van der Waals surface area (Å²) in [5.74, 6) is 1.43. The number of hydrogen-bond donors (Lipinski definition) is 1. The molecule has 146 valence electrons. The van der Waals surface area contributed by atoms with Crippen molar-refractivity contribution < 1.29 is 4.79 Å². The maximum Gasteiger partial charge on any atom is 0.263 e. The molecule has 2 rings (SSSR count). The minimum absolute atomic E-state index is 0.0729. The minimum atomic E-state index is -0.386. The second kappa shape index (κ2) is 11.4. The van der Waals surface area contributed by atoms with Crippen molar-refractivity contribution in [1.29, 1.82) is 0 Å². The fourth-order valence-electron chi connectivity index (χ4n) is 2.30. The van der Waals surface area contributed by atoms with Crippen LogP contribution in [0.15, 0.2) is 47.4 Å². The lowest BCUT2D eigenvalue weighted by molar-refractivity contribution is 0.0954. The first-order valence-corrected chi connectivity index (χ1v) is 11.4. The Kier molecular flexibility index (Phi) is 9.27. The normalized spacial score (nSPS) is 11.0. The number of carbonyl (C=O) groups excluding carboxylic acids is 1. The van der Waals surface area contributed by atoms with Crippen LogP contribution < -0.4 is 10.9 Å². The first kappa shape index (κ1) is 21.9. The molecule has 1 aromatic heterocycles. The van der Waals surface area contributed by atoms with Crippen LogP contribution in [-0.4, -0.2) is 54.1 Å². The van der Waals surface area contributed by atoms with Crippen molar-refractivity contribution >= 4 is 39.1 Å². The average Bonchev–Trinajstić information content (AvgIpc) is 2.64. The van der Waals surface area contributed by atoms with Crippen molar-refractivity contribution in [2.45, 2.75) is 6.54 Å². The minimum Gasteiger partial charge on any atom is -0.351 e. The highest BCUT2D eigenvalue weighted by atomic mass is 35.5. The number of amides is 1. The summed E-state index contributed by atoms with van der Waals surface area (Å²) in [7, 11) is 7.57. The SMILES string of the molecule is CN(C)CCSSCCNC(=O)c1cc(Cl)cn(Cc2ccccc2)c1=O. The Hall–Kier alpha value is -1.41. The molecule has 0 saturated heterocycles. The van der Waals surface area contributed by atoms with E-state index < -0.39 is 0 Å². The third kappa shape index (κ3) is 7.62. The van der Waals surface area contributed by atoms with E-state index >= 15 is 0 Å². The van der Waals surface area contributed by atoms with Gasteiger partial charge in [-0.1, -0.05) is 63.5 Å². The van der Waals surface area contributed by atoms with Gasteiger partial charge in [0.25, 0.3) is 11.5 Å². The Balaban J connectivity index is 1.91. The summed E-state index contributed by atoms with van der Waals surface area (Å²) in [6.07, 6.45) is 1.56. The zero-order valence-corrected chi connectivity index (χ0v) is 17.9. The van der Waals surface area contributed by atoms with Crippen LogP contribution in [0.25, 0.3) is 0 Å². The molecule has 0 saturated carbocycles. The molecule has 1 aromatic carbocycles. The van der Waals surface area contributed by atoms with Crippen LogP contribution in [0.2, 0.25) is 5.02 Å². The molecule has 27 heavy (non-hydrogen) atoms. The molecule has 0 spiro atoms. The summed E-state index contributed by atoms with van der Waals surface area (Å²) in [6.45, 7) is 1.90.